The predicted octanol–water partition coefficient (Wildman–Crippen LogP) is 3.62. The fourth-order valence-corrected chi connectivity index (χ4v) is 2.22. The Hall–Kier alpha value is -1.60. The lowest BCUT2D eigenvalue weighted by Gasteiger charge is -2.16. The van der Waals surface area contributed by atoms with Crippen molar-refractivity contribution in [2.45, 2.75) is 52.1 Å². The summed E-state index contributed by atoms with van der Waals surface area (Å²) in [5.41, 5.74) is 0.492. The molecule has 20 heavy (non-hydrogen) atoms. The minimum atomic E-state index is -0.842. The number of aromatic nitrogens is 1. The monoisotopic (exact) mass is 276 g/mol. The molecule has 0 saturated carbocycles. The van der Waals surface area contributed by atoms with E-state index in [0.717, 1.165) is 25.7 Å². The molecule has 0 saturated heterocycles. The molecule has 110 valence electrons. The number of nitriles is 1. The van der Waals surface area contributed by atoms with Crippen molar-refractivity contribution in [2.75, 3.05) is 6.61 Å². The maximum Gasteiger partial charge on any atom is 0.213 e. The van der Waals surface area contributed by atoms with Gasteiger partial charge in [0, 0.05) is 6.07 Å². The van der Waals surface area contributed by atoms with E-state index in [1.54, 1.807) is 18.2 Å². The van der Waals surface area contributed by atoms with Crippen LogP contribution in [0.15, 0.2) is 18.2 Å². The zero-order valence-electron chi connectivity index (χ0n) is 12.4. The van der Waals surface area contributed by atoms with E-state index in [9.17, 15) is 5.11 Å². The standard InChI is InChI=1S/C16H24N2O2/c1-3-6-13(7-4-2)12-20-16-9-5-8-14(18-16)15(19)10-11-17/h5,8-9,13,15,19H,3-4,6-7,10,12H2,1-2H3/t15-/m0/s1. The van der Waals surface area contributed by atoms with Crippen LogP contribution in [0.1, 0.15) is 57.7 Å². The molecular weight excluding hydrogens is 252 g/mol. The molecule has 0 unspecified atom stereocenters. The second-order valence-electron chi connectivity index (χ2n) is 5.03. The van der Waals surface area contributed by atoms with Gasteiger partial charge in [-0.2, -0.15) is 5.26 Å². The quantitative estimate of drug-likeness (QED) is 0.748. The van der Waals surface area contributed by atoms with E-state index in [4.69, 9.17) is 10.00 Å². The first-order valence-corrected chi connectivity index (χ1v) is 7.36. The Kier molecular flexibility index (Phi) is 7.67. The molecule has 1 aromatic rings. The first kappa shape index (κ1) is 16.5. The molecule has 1 atom stereocenters. The van der Waals surface area contributed by atoms with E-state index in [1.165, 1.54) is 0 Å². The van der Waals surface area contributed by atoms with Crippen LogP contribution in [0.3, 0.4) is 0 Å². The number of pyridine rings is 1. The number of nitrogens with zero attached hydrogens (tertiary/aromatic N) is 2. The predicted molar refractivity (Wildman–Crippen MR) is 78.2 cm³/mol. The summed E-state index contributed by atoms with van der Waals surface area (Å²) in [6.07, 6.45) is 3.83. The van der Waals surface area contributed by atoms with Crippen molar-refractivity contribution in [3.05, 3.63) is 23.9 Å². The lowest BCUT2D eigenvalue weighted by molar-refractivity contribution is 0.174. The molecule has 0 radical (unpaired) electrons. The highest BCUT2D eigenvalue weighted by atomic mass is 16.5. The highest BCUT2D eigenvalue weighted by Crippen LogP contribution is 2.19. The number of ether oxygens (including phenoxy) is 1. The molecule has 1 aromatic heterocycles. The molecule has 0 aliphatic rings. The smallest absolute Gasteiger partial charge is 0.213 e. The van der Waals surface area contributed by atoms with Gasteiger partial charge in [0.05, 0.1) is 24.8 Å². The molecule has 0 amide bonds. The van der Waals surface area contributed by atoms with Gasteiger partial charge in [0.25, 0.3) is 0 Å². The Balaban J connectivity index is 2.59. The Morgan fingerprint density at radius 2 is 2.00 bits per heavy atom. The molecule has 0 bridgehead atoms. The molecule has 0 aromatic carbocycles. The molecule has 4 nitrogen and oxygen atoms in total. The lowest BCUT2D eigenvalue weighted by atomic mass is 9.99. The highest BCUT2D eigenvalue weighted by Gasteiger charge is 2.11. The second kappa shape index (κ2) is 9.33. The Labute approximate surface area is 121 Å². The number of hydrogen-bond acceptors (Lipinski definition) is 4. The first-order chi connectivity index (χ1) is 9.71. The maximum atomic E-state index is 9.75. The topological polar surface area (TPSA) is 66.1 Å². The fraction of sp³-hybridized carbons (Fsp3) is 0.625. The summed E-state index contributed by atoms with van der Waals surface area (Å²) >= 11 is 0. The van der Waals surface area contributed by atoms with E-state index < -0.39 is 6.10 Å². The van der Waals surface area contributed by atoms with Crippen LogP contribution in [-0.4, -0.2) is 16.7 Å². The van der Waals surface area contributed by atoms with E-state index in [-0.39, 0.29) is 6.42 Å². The fourth-order valence-electron chi connectivity index (χ4n) is 2.22. The number of rotatable bonds is 9. The van der Waals surface area contributed by atoms with Gasteiger partial charge in [0.1, 0.15) is 6.10 Å². The molecule has 1 heterocycles. The first-order valence-electron chi connectivity index (χ1n) is 7.36. The Bertz CT molecular complexity index is 423. The summed E-state index contributed by atoms with van der Waals surface area (Å²) in [5, 5.41) is 18.3. The van der Waals surface area contributed by atoms with Crippen molar-refractivity contribution in [3.8, 4) is 11.9 Å². The van der Waals surface area contributed by atoms with Gasteiger partial charge in [-0.25, -0.2) is 4.98 Å². The van der Waals surface area contributed by atoms with Gasteiger partial charge in [0.15, 0.2) is 0 Å². The minimum Gasteiger partial charge on any atom is -0.477 e. The van der Waals surface area contributed by atoms with Gasteiger partial charge in [-0.1, -0.05) is 32.8 Å². The van der Waals surface area contributed by atoms with Gasteiger partial charge in [-0.05, 0) is 24.8 Å². The van der Waals surface area contributed by atoms with Gasteiger partial charge in [-0.3, -0.25) is 0 Å². The zero-order valence-corrected chi connectivity index (χ0v) is 12.4. The maximum absolute atomic E-state index is 9.75. The van der Waals surface area contributed by atoms with Gasteiger partial charge in [0.2, 0.25) is 5.88 Å². The third-order valence-corrected chi connectivity index (χ3v) is 3.23. The molecule has 0 aliphatic heterocycles. The van der Waals surface area contributed by atoms with Crippen molar-refractivity contribution in [1.82, 2.24) is 4.98 Å². The average molecular weight is 276 g/mol. The van der Waals surface area contributed by atoms with Crippen molar-refractivity contribution >= 4 is 0 Å². The summed E-state index contributed by atoms with van der Waals surface area (Å²) in [7, 11) is 0. The number of aliphatic hydroxyl groups is 1. The van der Waals surface area contributed by atoms with Crippen LogP contribution in [0.25, 0.3) is 0 Å². The molecule has 0 spiro atoms. The zero-order chi connectivity index (χ0) is 14.8. The van der Waals surface area contributed by atoms with Crippen molar-refractivity contribution < 1.29 is 9.84 Å². The van der Waals surface area contributed by atoms with Crippen LogP contribution in [0.4, 0.5) is 0 Å². The number of hydrogen-bond donors (Lipinski definition) is 1. The summed E-state index contributed by atoms with van der Waals surface area (Å²) in [6.45, 7) is 5.02. The molecule has 1 rings (SSSR count). The summed E-state index contributed by atoms with van der Waals surface area (Å²) < 4.78 is 5.74. The van der Waals surface area contributed by atoms with Crippen LogP contribution < -0.4 is 4.74 Å². The summed E-state index contributed by atoms with van der Waals surface area (Å²) in [6, 6.07) is 7.24. The highest BCUT2D eigenvalue weighted by molar-refractivity contribution is 5.18. The molecular formula is C16H24N2O2. The van der Waals surface area contributed by atoms with Gasteiger partial charge < -0.3 is 9.84 Å². The van der Waals surface area contributed by atoms with Crippen LogP contribution in [0.2, 0.25) is 0 Å². The minimum absolute atomic E-state index is 0.0464. The molecule has 0 fully saturated rings. The normalized spacial score (nSPS) is 12.2. The average Bonchev–Trinajstić information content (AvgIpc) is 2.46. The second-order valence-corrected chi connectivity index (χ2v) is 5.03. The van der Waals surface area contributed by atoms with Gasteiger partial charge in [-0.15, -0.1) is 0 Å². The van der Waals surface area contributed by atoms with E-state index in [1.807, 2.05) is 6.07 Å². The van der Waals surface area contributed by atoms with E-state index in [2.05, 4.69) is 18.8 Å². The summed E-state index contributed by atoms with van der Waals surface area (Å²) in [5.74, 6) is 1.08. The molecule has 1 N–H and O–H groups in total. The van der Waals surface area contributed by atoms with Gasteiger partial charge >= 0.3 is 0 Å². The Morgan fingerprint density at radius 1 is 1.30 bits per heavy atom. The van der Waals surface area contributed by atoms with E-state index in [0.29, 0.717) is 24.1 Å². The Morgan fingerprint density at radius 3 is 2.60 bits per heavy atom. The molecule has 4 heteroatoms. The largest absolute Gasteiger partial charge is 0.477 e. The third-order valence-electron chi connectivity index (χ3n) is 3.23. The van der Waals surface area contributed by atoms with Crippen LogP contribution >= 0.6 is 0 Å². The van der Waals surface area contributed by atoms with Crippen molar-refractivity contribution in [3.63, 3.8) is 0 Å². The summed E-state index contributed by atoms with van der Waals surface area (Å²) in [4.78, 5) is 4.26. The van der Waals surface area contributed by atoms with Crippen LogP contribution in [0.5, 0.6) is 5.88 Å². The lowest BCUT2D eigenvalue weighted by Crippen LogP contribution is -2.13. The number of aliphatic hydroxyl groups excluding tert-OH is 1. The van der Waals surface area contributed by atoms with Crippen molar-refractivity contribution in [1.29, 1.82) is 5.26 Å². The van der Waals surface area contributed by atoms with Crippen LogP contribution in [0, 0.1) is 17.2 Å². The van der Waals surface area contributed by atoms with Crippen LogP contribution in [-0.2, 0) is 0 Å². The molecule has 0 aliphatic carbocycles. The van der Waals surface area contributed by atoms with Crippen molar-refractivity contribution in [2.24, 2.45) is 5.92 Å². The van der Waals surface area contributed by atoms with E-state index >= 15 is 0 Å². The SMILES string of the molecule is CCCC(CCC)COc1cccc([C@@H](O)CC#N)n1. The third kappa shape index (κ3) is 5.58.